The minimum atomic E-state index is -3.05. The van der Waals surface area contributed by atoms with Crippen LogP contribution >= 0.6 is 0 Å². The van der Waals surface area contributed by atoms with E-state index in [4.69, 9.17) is 0 Å². The van der Waals surface area contributed by atoms with Gasteiger partial charge in [-0.05, 0) is 45.1 Å². The van der Waals surface area contributed by atoms with E-state index in [2.05, 4.69) is 19.2 Å². The maximum absolute atomic E-state index is 12.0. The first-order valence-corrected chi connectivity index (χ1v) is 9.02. The lowest BCUT2D eigenvalue weighted by Crippen LogP contribution is -2.55. The molecule has 0 amide bonds. The van der Waals surface area contributed by atoms with Crippen LogP contribution in [0.4, 0.5) is 0 Å². The Morgan fingerprint density at radius 2 is 1.72 bits per heavy atom. The number of sulfone groups is 1. The van der Waals surface area contributed by atoms with Gasteiger partial charge in [-0.3, -0.25) is 0 Å². The van der Waals surface area contributed by atoms with Gasteiger partial charge >= 0.3 is 0 Å². The zero-order valence-electron chi connectivity index (χ0n) is 12.5. The molecule has 18 heavy (non-hydrogen) atoms. The standard InChI is InChI=1S/C14H29NO2S/c1-6-15-13(14(3,4)18(5,16)17)12-9-7-11(2)8-10-12/h11-13,15H,6-10H2,1-5H3. The second-order valence-electron chi connectivity index (χ2n) is 6.43. The summed E-state index contributed by atoms with van der Waals surface area (Å²) in [5.74, 6) is 1.29. The topological polar surface area (TPSA) is 46.2 Å². The van der Waals surface area contributed by atoms with Crippen molar-refractivity contribution in [3.63, 3.8) is 0 Å². The molecule has 1 aliphatic rings. The predicted molar refractivity (Wildman–Crippen MR) is 77.5 cm³/mol. The molecule has 1 unspecified atom stereocenters. The largest absolute Gasteiger partial charge is 0.312 e. The summed E-state index contributed by atoms with van der Waals surface area (Å²) in [4.78, 5) is 0. The second kappa shape index (κ2) is 5.91. The van der Waals surface area contributed by atoms with Crippen LogP contribution < -0.4 is 5.32 Å². The SMILES string of the molecule is CCNC(C1CCC(C)CC1)C(C)(C)S(C)(=O)=O. The highest BCUT2D eigenvalue weighted by atomic mass is 32.2. The molecule has 1 atom stereocenters. The van der Waals surface area contributed by atoms with Crippen molar-refractivity contribution in [3.05, 3.63) is 0 Å². The van der Waals surface area contributed by atoms with Gasteiger partial charge in [-0.1, -0.05) is 26.7 Å². The van der Waals surface area contributed by atoms with Crippen molar-refractivity contribution in [2.45, 2.75) is 64.2 Å². The molecule has 0 saturated heterocycles. The van der Waals surface area contributed by atoms with Crippen molar-refractivity contribution in [2.75, 3.05) is 12.8 Å². The first-order chi connectivity index (χ1) is 8.20. The minimum absolute atomic E-state index is 0.0741. The number of hydrogen-bond donors (Lipinski definition) is 1. The number of rotatable bonds is 5. The molecule has 0 spiro atoms. The summed E-state index contributed by atoms with van der Waals surface area (Å²) < 4.78 is 23.4. The second-order valence-corrected chi connectivity index (χ2v) is 9.03. The van der Waals surface area contributed by atoms with Gasteiger partial charge in [0, 0.05) is 12.3 Å². The quantitative estimate of drug-likeness (QED) is 0.839. The molecule has 3 nitrogen and oxygen atoms in total. The fourth-order valence-corrected chi connectivity index (χ4v) is 3.79. The van der Waals surface area contributed by atoms with Crippen LogP contribution in [0.2, 0.25) is 0 Å². The monoisotopic (exact) mass is 275 g/mol. The summed E-state index contributed by atoms with van der Waals surface area (Å²) in [6, 6.07) is 0.0741. The van der Waals surface area contributed by atoms with Gasteiger partial charge in [0.15, 0.2) is 9.84 Å². The van der Waals surface area contributed by atoms with E-state index in [0.717, 1.165) is 25.3 Å². The van der Waals surface area contributed by atoms with Crippen molar-refractivity contribution >= 4 is 9.84 Å². The summed E-state index contributed by atoms with van der Waals surface area (Å²) in [7, 11) is -3.05. The van der Waals surface area contributed by atoms with Crippen molar-refractivity contribution in [2.24, 2.45) is 11.8 Å². The van der Waals surface area contributed by atoms with Gasteiger partial charge in [-0.15, -0.1) is 0 Å². The highest BCUT2D eigenvalue weighted by Crippen LogP contribution is 2.36. The molecule has 0 heterocycles. The fourth-order valence-electron chi connectivity index (χ4n) is 3.05. The maximum atomic E-state index is 12.0. The average Bonchev–Trinajstić information content (AvgIpc) is 2.25. The molecular weight excluding hydrogens is 246 g/mol. The molecule has 0 aromatic carbocycles. The van der Waals surface area contributed by atoms with Crippen molar-refractivity contribution in [1.29, 1.82) is 0 Å². The van der Waals surface area contributed by atoms with Crippen molar-refractivity contribution < 1.29 is 8.42 Å². The Hall–Kier alpha value is -0.0900. The molecule has 1 fully saturated rings. The molecule has 4 heteroatoms. The fraction of sp³-hybridized carbons (Fsp3) is 1.00. The Balaban J connectivity index is 2.89. The normalized spacial score (nSPS) is 28.1. The van der Waals surface area contributed by atoms with Crippen molar-refractivity contribution in [1.82, 2.24) is 5.32 Å². The summed E-state index contributed by atoms with van der Waals surface area (Å²) in [6.45, 7) is 8.91. The molecule has 1 aliphatic carbocycles. The lowest BCUT2D eigenvalue weighted by molar-refractivity contribution is 0.206. The van der Waals surface area contributed by atoms with Crippen LogP contribution in [-0.4, -0.2) is 32.0 Å². The van der Waals surface area contributed by atoms with E-state index in [-0.39, 0.29) is 6.04 Å². The van der Waals surface area contributed by atoms with Crippen LogP contribution in [0.15, 0.2) is 0 Å². The lowest BCUT2D eigenvalue weighted by atomic mass is 9.76. The molecule has 0 bridgehead atoms. The van der Waals surface area contributed by atoms with Gasteiger partial charge in [0.05, 0.1) is 4.75 Å². The van der Waals surface area contributed by atoms with E-state index >= 15 is 0 Å². The summed E-state index contributed by atoms with van der Waals surface area (Å²) >= 11 is 0. The van der Waals surface area contributed by atoms with Gasteiger partial charge in [0.1, 0.15) is 0 Å². The van der Waals surface area contributed by atoms with Crippen LogP contribution in [0.25, 0.3) is 0 Å². The highest BCUT2D eigenvalue weighted by molar-refractivity contribution is 7.92. The molecule has 0 radical (unpaired) electrons. The van der Waals surface area contributed by atoms with Crippen LogP contribution in [0.5, 0.6) is 0 Å². The maximum Gasteiger partial charge on any atom is 0.154 e. The third-order valence-electron chi connectivity index (χ3n) is 4.66. The lowest BCUT2D eigenvalue weighted by Gasteiger charge is -2.41. The third-order valence-corrected chi connectivity index (χ3v) is 6.83. The number of hydrogen-bond acceptors (Lipinski definition) is 3. The molecule has 0 aromatic heterocycles. The zero-order valence-corrected chi connectivity index (χ0v) is 13.3. The first kappa shape index (κ1) is 16.0. The Morgan fingerprint density at radius 3 is 2.11 bits per heavy atom. The van der Waals surface area contributed by atoms with Crippen LogP contribution in [-0.2, 0) is 9.84 Å². The highest BCUT2D eigenvalue weighted by Gasteiger charge is 2.43. The van der Waals surface area contributed by atoms with E-state index < -0.39 is 14.6 Å². The molecule has 0 aromatic rings. The van der Waals surface area contributed by atoms with Crippen LogP contribution in [0.1, 0.15) is 53.4 Å². The summed E-state index contributed by atoms with van der Waals surface area (Å²) in [5.41, 5.74) is 0. The van der Waals surface area contributed by atoms with Crippen LogP contribution in [0, 0.1) is 11.8 Å². The van der Waals surface area contributed by atoms with E-state index in [1.807, 2.05) is 13.8 Å². The average molecular weight is 275 g/mol. The van der Waals surface area contributed by atoms with E-state index in [1.54, 1.807) is 0 Å². The summed E-state index contributed by atoms with van der Waals surface area (Å²) in [5, 5.41) is 3.43. The van der Waals surface area contributed by atoms with E-state index in [0.29, 0.717) is 5.92 Å². The Morgan fingerprint density at radius 1 is 1.22 bits per heavy atom. The third kappa shape index (κ3) is 3.47. The first-order valence-electron chi connectivity index (χ1n) is 7.13. The van der Waals surface area contributed by atoms with E-state index in [1.165, 1.54) is 19.1 Å². The molecule has 1 saturated carbocycles. The number of nitrogens with one attached hydrogen (secondary N) is 1. The predicted octanol–water partition coefficient (Wildman–Crippen LogP) is 2.61. The van der Waals surface area contributed by atoms with Gasteiger partial charge in [-0.25, -0.2) is 8.42 Å². The Kier molecular flexibility index (Phi) is 5.24. The Bertz CT molecular complexity index is 354. The smallest absolute Gasteiger partial charge is 0.154 e. The van der Waals surface area contributed by atoms with E-state index in [9.17, 15) is 8.42 Å². The molecule has 1 rings (SSSR count). The van der Waals surface area contributed by atoms with Crippen molar-refractivity contribution in [3.8, 4) is 0 Å². The molecule has 108 valence electrons. The molecular formula is C14H29NO2S. The van der Waals surface area contributed by atoms with Gasteiger partial charge in [-0.2, -0.15) is 0 Å². The van der Waals surface area contributed by atoms with Gasteiger partial charge < -0.3 is 5.32 Å². The molecule has 0 aliphatic heterocycles. The van der Waals surface area contributed by atoms with Gasteiger partial charge in [0.25, 0.3) is 0 Å². The zero-order chi connectivity index (χ0) is 14.0. The minimum Gasteiger partial charge on any atom is -0.312 e. The molecule has 1 N–H and O–H groups in total. The summed E-state index contributed by atoms with van der Waals surface area (Å²) in [6.07, 6.45) is 6.12. The Labute approximate surface area is 113 Å². The van der Waals surface area contributed by atoms with Gasteiger partial charge in [0.2, 0.25) is 0 Å². The van der Waals surface area contributed by atoms with Crippen LogP contribution in [0.3, 0.4) is 0 Å².